The minimum atomic E-state index is -0.0561. The number of carbonyl (C=O) groups excluding carboxylic acids is 2. The van der Waals surface area contributed by atoms with Gasteiger partial charge in [-0.2, -0.15) is 5.10 Å². The maximum atomic E-state index is 11.6. The normalized spacial score (nSPS) is 16.4. The van der Waals surface area contributed by atoms with Crippen LogP contribution in [0.2, 0.25) is 0 Å². The largest absolute Gasteiger partial charge is 0.486 e. The minimum Gasteiger partial charge on any atom is -0.486 e. The molecule has 1 unspecified atom stereocenters. The van der Waals surface area contributed by atoms with Gasteiger partial charge in [0.25, 0.3) is 0 Å². The van der Waals surface area contributed by atoms with Gasteiger partial charge in [-0.15, -0.1) is 0 Å². The molecule has 0 fully saturated rings. The van der Waals surface area contributed by atoms with E-state index in [1.165, 1.54) is 6.92 Å². The number of Topliss-reactive ketones (excluding diaryl/α,β-unsaturated/α-hetero) is 1. The summed E-state index contributed by atoms with van der Waals surface area (Å²) in [5.74, 6) is 1.12. The standard InChI is InChI=1S/C22H21N3O4/c1-3-14-11-20(27)24-25-21(14)16-6-9-18-19(10-16)29-22(23-18)15-4-7-17(8-5-15)28-12-13(2)26/h4-10,14H,3,11-12H2,1-2H3,(H,24,27). The molecule has 1 N–H and O–H groups in total. The molecule has 1 amide bonds. The van der Waals surface area contributed by atoms with Gasteiger partial charge in [0.15, 0.2) is 11.4 Å². The Bertz CT molecular complexity index is 1100. The lowest BCUT2D eigenvalue weighted by molar-refractivity contribution is -0.122. The Balaban J connectivity index is 1.60. The van der Waals surface area contributed by atoms with Gasteiger partial charge in [-0.05, 0) is 49.7 Å². The van der Waals surface area contributed by atoms with Crippen molar-refractivity contribution in [2.75, 3.05) is 6.61 Å². The second-order valence-corrected chi connectivity index (χ2v) is 7.06. The van der Waals surface area contributed by atoms with Crippen LogP contribution in [0, 0.1) is 5.92 Å². The fourth-order valence-electron chi connectivity index (χ4n) is 3.30. The minimum absolute atomic E-state index is 0.0312. The van der Waals surface area contributed by atoms with Gasteiger partial charge < -0.3 is 9.15 Å². The average molecular weight is 391 g/mol. The highest BCUT2D eigenvalue weighted by Gasteiger charge is 2.24. The van der Waals surface area contributed by atoms with E-state index >= 15 is 0 Å². The van der Waals surface area contributed by atoms with Crippen LogP contribution in [0.5, 0.6) is 5.75 Å². The summed E-state index contributed by atoms with van der Waals surface area (Å²) in [6, 6.07) is 13.0. The molecule has 0 aliphatic carbocycles. The zero-order valence-corrected chi connectivity index (χ0v) is 16.3. The Morgan fingerprint density at radius 1 is 1.21 bits per heavy atom. The molecule has 0 spiro atoms. The molecule has 0 saturated carbocycles. The third kappa shape index (κ3) is 4.03. The summed E-state index contributed by atoms with van der Waals surface area (Å²) in [7, 11) is 0. The predicted molar refractivity (Wildman–Crippen MR) is 109 cm³/mol. The lowest BCUT2D eigenvalue weighted by Gasteiger charge is -2.21. The van der Waals surface area contributed by atoms with E-state index in [0.717, 1.165) is 28.8 Å². The van der Waals surface area contributed by atoms with Crippen LogP contribution in [-0.2, 0) is 9.59 Å². The van der Waals surface area contributed by atoms with E-state index in [1.54, 1.807) is 12.1 Å². The summed E-state index contributed by atoms with van der Waals surface area (Å²) in [5, 5.41) is 4.26. The second-order valence-electron chi connectivity index (χ2n) is 7.06. The van der Waals surface area contributed by atoms with Crippen LogP contribution in [-0.4, -0.2) is 29.0 Å². The van der Waals surface area contributed by atoms with E-state index in [-0.39, 0.29) is 24.2 Å². The van der Waals surface area contributed by atoms with Gasteiger partial charge in [0, 0.05) is 23.5 Å². The van der Waals surface area contributed by atoms with Gasteiger partial charge >= 0.3 is 0 Å². The maximum absolute atomic E-state index is 11.6. The van der Waals surface area contributed by atoms with Crippen LogP contribution in [0.1, 0.15) is 32.3 Å². The molecule has 1 aliphatic rings. The molecule has 0 saturated heterocycles. The fraction of sp³-hybridized carbons (Fsp3) is 0.273. The van der Waals surface area contributed by atoms with E-state index in [1.807, 2.05) is 37.3 Å². The molecule has 7 heteroatoms. The first kappa shape index (κ1) is 18.9. The van der Waals surface area contributed by atoms with Gasteiger partial charge in [0.1, 0.15) is 17.9 Å². The van der Waals surface area contributed by atoms with Crippen LogP contribution in [0.25, 0.3) is 22.6 Å². The number of ketones is 1. The van der Waals surface area contributed by atoms with E-state index in [9.17, 15) is 9.59 Å². The first-order valence-corrected chi connectivity index (χ1v) is 9.53. The van der Waals surface area contributed by atoms with E-state index in [4.69, 9.17) is 9.15 Å². The molecule has 2 heterocycles. The Morgan fingerprint density at radius 3 is 2.69 bits per heavy atom. The van der Waals surface area contributed by atoms with Crippen molar-refractivity contribution in [3.8, 4) is 17.2 Å². The Labute approximate surface area is 167 Å². The fourth-order valence-corrected chi connectivity index (χ4v) is 3.30. The summed E-state index contributed by atoms with van der Waals surface area (Å²) < 4.78 is 11.3. The second kappa shape index (κ2) is 7.87. The van der Waals surface area contributed by atoms with Crippen molar-refractivity contribution in [2.45, 2.75) is 26.7 Å². The number of hydrogen-bond donors (Lipinski definition) is 1. The number of nitrogens with one attached hydrogen (secondary N) is 1. The predicted octanol–water partition coefficient (Wildman–Crippen LogP) is 3.71. The summed E-state index contributed by atoms with van der Waals surface area (Å²) in [6.07, 6.45) is 1.27. The van der Waals surface area contributed by atoms with Gasteiger partial charge in [-0.25, -0.2) is 10.4 Å². The summed E-state index contributed by atoms with van der Waals surface area (Å²) in [5.41, 5.74) is 6.56. The summed E-state index contributed by atoms with van der Waals surface area (Å²) >= 11 is 0. The highest BCUT2D eigenvalue weighted by Crippen LogP contribution is 2.28. The number of fused-ring (bicyclic) bond motifs is 1. The number of hydrazone groups is 1. The molecule has 1 atom stereocenters. The number of benzene rings is 2. The number of carbonyl (C=O) groups is 2. The lowest BCUT2D eigenvalue weighted by atomic mass is 9.90. The molecular formula is C22H21N3O4. The van der Waals surface area contributed by atoms with Crippen LogP contribution < -0.4 is 10.2 Å². The molecule has 148 valence electrons. The van der Waals surface area contributed by atoms with Gasteiger partial charge in [-0.3, -0.25) is 9.59 Å². The summed E-state index contributed by atoms with van der Waals surface area (Å²) in [4.78, 5) is 27.2. The number of nitrogens with zero attached hydrogens (tertiary/aromatic N) is 2. The highest BCUT2D eigenvalue weighted by molar-refractivity contribution is 6.07. The molecule has 4 rings (SSSR count). The average Bonchev–Trinajstić information content (AvgIpc) is 3.15. The lowest BCUT2D eigenvalue weighted by Crippen LogP contribution is -2.33. The van der Waals surface area contributed by atoms with Crippen molar-refractivity contribution in [2.24, 2.45) is 11.0 Å². The molecule has 1 aliphatic heterocycles. The van der Waals surface area contributed by atoms with Crippen molar-refractivity contribution < 1.29 is 18.7 Å². The first-order chi connectivity index (χ1) is 14.0. The zero-order chi connectivity index (χ0) is 20.4. The Morgan fingerprint density at radius 2 is 1.97 bits per heavy atom. The SMILES string of the molecule is CCC1CC(=O)NN=C1c1ccc2nc(-c3ccc(OCC(C)=O)cc3)oc2c1. The van der Waals surface area contributed by atoms with Crippen molar-refractivity contribution in [3.63, 3.8) is 0 Å². The Hall–Kier alpha value is -3.48. The molecule has 0 radical (unpaired) electrons. The van der Waals surface area contributed by atoms with E-state index in [0.29, 0.717) is 23.6 Å². The van der Waals surface area contributed by atoms with Crippen molar-refractivity contribution in [3.05, 3.63) is 48.0 Å². The van der Waals surface area contributed by atoms with E-state index < -0.39 is 0 Å². The van der Waals surface area contributed by atoms with Crippen molar-refractivity contribution in [1.82, 2.24) is 10.4 Å². The topological polar surface area (TPSA) is 93.8 Å². The number of aromatic nitrogens is 1. The molecule has 0 bridgehead atoms. The van der Waals surface area contributed by atoms with E-state index in [2.05, 4.69) is 15.5 Å². The monoisotopic (exact) mass is 391 g/mol. The molecular weight excluding hydrogens is 370 g/mol. The van der Waals surface area contributed by atoms with Gasteiger partial charge in [-0.1, -0.05) is 13.0 Å². The molecule has 3 aromatic rings. The van der Waals surface area contributed by atoms with Crippen molar-refractivity contribution in [1.29, 1.82) is 0 Å². The number of hydrogen-bond acceptors (Lipinski definition) is 6. The third-order valence-electron chi connectivity index (χ3n) is 4.84. The van der Waals surface area contributed by atoms with Gasteiger partial charge in [0.2, 0.25) is 11.8 Å². The molecule has 29 heavy (non-hydrogen) atoms. The van der Waals surface area contributed by atoms with Gasteiger partial charge in [0.05, 0.1) is 5.71 Å². The Kier molecular flexibility index (Phi) is 5.12. The van der Waals surface area contributed by atoms with Crippen LogP contribution in [0.15, 0.2) is 52.0 Å². The van der Waals surface area contributed by atoms with Crippen molar-refractivity contribution >= 4 is 28.5 Å². The van der Waals surface area contributed by atoms with Crippen LogP contribution in [0.4, 0.5) is 0 Å². The zero-order valence-electron chi connectivity index (χ0n) is 16.3. The van der Waals surface area contributed by atoms with Crippen LogP contribution in [0.3, 0.4) is 0 Å². The number of amides is 1. The molecule has 7 nitrogen and oxygen atoms in total. The maximum Gasteiger partial charge on any atom is 0.240 e. The smallest absolute Gasteiger partial charge is 0.240 e. The third-order valence-corrected chi connectivity index (χ3v) is 4.84. The highest BCUT2D eigenvalue weighted by atomic mass is 16.5. The number of rotatable bonds is 6. The quantitative estimate of drug-likeness (QED) is 0.691. The van der Waals surface area contributed by atoms with Crippen LogP contribution >= 0.6 is 0 Å². The molecule has 1 aromatic heterocycles. The summed E-state index contributed by atoms with van der Waals surface area (Å²) in [6.45, 7) is 3.58. The molecule has 2 aromatic carbocycles. The first-order valence-electron chi connectivity index (χ1n) is 9.53. The number of oxazole rings is 1. The number of ether oxygens (including phenoxy) is 1.